The Kier molecular flexibility index (Phi) is 4.73. The molecule has 5 nitrogen and oxygen atoms in total. The van der Waals surface area contributed by atoms with E-state index < -0.39 is 4.92 Å². The predicted octanol–water partition coefficient (Wildman–Crippen LogP) is 3.19. The van der Waals surface area contributed by atoms with Crippen LogP contribution in [-0.4, -0.2) is 28.2 Å². The Morgan fingerprint density at radius 1 is 1.50 bits per heavy atom. The zero-order chi connectivity index (χ0) is 14.7. The standard InChI is InChI=1S/C14H17ClN2O3/c1-10(18)13-6-2-3-8-16(13)9-11-12(15)5-4-7-14(11)17(19)20/h4-5,7,13H,2-3,6,8-9H2,1H3. The molecular formula is C14H17ClN2O3. The van der Waals surface area contributed by atoms with Gasteiger partial charge in [0, 0.05) is 12.6 Å². The minimum Gasteiger partial charge on any atom is -0.298 e. The lowest BCUT2D eigenvalue weighted by Gasteiger charge is -2.34. The van der Waals surface area contributed by atoms with Gasteiger partial charge in [-0.15, -0.1) is 0 Å². The maximum absolute atomic E-state index is 11.7. The van der Waals surface area contributed by atoms with Crippen molar-refractivity contribution in [2.24, 2.45) is 0 Å². The van der Waals surface area contributed by atoms with Gasteiger partial charge in [0.15, 0.2) is 0 Å². The van der Waals surface area contributed by atoms with Crippen molar-refractivity contribution in [2.45, 2.75) is 38.8 Å². The smallest absolute Gasteiger partial charge is 0.275 e. The molecule has 2 rings (SSSR count). The molecule has 1 aliphatic heterocycles. The number of nitro benzene ring substituents is 1. The molecule has 1 aliphatic rings. The summed E-state index contributed by atoms with van der Waals surface area (Å²) in [5.74, 6) is 0.111. The second-order valence-corrected chi connectivity index (χ2v) is 5.49. The van der Waals surface area contributed by atoms with Crippen molar-refractivity contribution >= 4 is 23.1 Å². The average Bonchev–Trinajstić information content (AvgIpc) is 2.41. The number of hydrogen-bond donors (Lipinski definition) is 0. The molecule has 1 unspecified atom stereocenters. The highest BCUT2D eigenvalue weighted by molar-refractivity contribution is 6.31. The van der Waals surface area contributed by atoms with Crippen molar-refractivity contribution in [3.05, 3.63) is 38.9 Å². The summed E-state index contributed by atoms with van der Waals surface area (Å²) < 4.78 is 0. The number of rotatable bonds is 4. The summed E-state index contributed by atoms with van der Waals surface area (Å²) in [6.07, 6.45) is 2.83. The fourth-order valence-corrected chi connectivity index (χ4v) is 2.95. The van der Waals surface area contributed by atoms with E-state index in [1.165, 1.54) is 6.07 Å². The highest BCUT2D eigenvalue weighted by Crippen LogP contribution is 2.30. The van der Waals surface area contributed by atoms with E-state index >= 15 is 0 Å². The van der Waals surface area contributed by atoms with Gasteiger partial charge in [0.2, 0.25) is 0 Å². The molecule has 0 radical (unpaired) electrons. The Hall–Kier alpha value is -1.46. The topological polar surface area (TPSA) is 63.5 Å². The van der Waals surface area contributed by atoms with Crippen LogP contribution in [0.4, 0.5) is 5.69 Å². The monoisotopic (exact) mass is 296 g/mol. The minimum atomic E-state index is -0.423. The first-order valence-corrected chi connectivity index (χ1v) is 7.04. The van der Waals surface area contributed by atoms with Crippen LogP contribution in [0.15, 0.2) is 18.2 Å². The molecule has 0 saturated carbocycles. The van der Waals surface area contributed by atoms with Crippen LogP contribution in [0, 0.1) is 10.1 Å². The molecule has 1 saturated heterocycles. The quantitative estimate of drug-likeness (QED) is 0.632. The SMILES string of the molecule is CC(=O)C1CCCCN1Cc1c(Cl)cccc1[N+](=O)[O-]. The van der Waals surface area contributed by atoms with Gasteiger partial charge in [0.1, 0.15) is 5.78 Å². The number of halogens is 1. The van der Waals surface area contributed by atoms with E-state index in [9.17, 15) is 14.9 Å². The third-order valence-corrected chi connectivity index (χ3v) is 4.09. The number of carbonyl (C=O) groups excluding carboxylic acids is 1. The first-order chi connectivity index (χ1) is 9.50. The van der Waals surface area contributed by atoms with Crippen molar-refractivity contribution in [1.82, 2.24) is 4.90 Å². The van der Waals surface area contributed by atoms with Gasteiger partial charge in [-0.1, -0.05) is 24.1 Å². The first kappa shape index (κ1) is 14.9. The predicted molar refractivity (Wildman–Crippen MR) is 76.8 cm³/mol. The molecule has 0 spiro atoms. The van der Waals surface area contributed by atoms with Crippen LogP contribution < -0.4 is 0 Å². The van der Waals surface area contributed by atoms with Gasteiger partial charge < -0.3 is 0 Å². The second kappa shape index (κ2) is 6.33. The summed E-state index contributed by atoms with van der Waals surface area (Å²) >= 11 is 6.10. The molecule has 108 valence electrons. The summed E-state index contributed by atoms with van der Waals surface area (Å²) in [7, 11) is 0. The van der Waals surface area contributed by atoms with Gasteiger partial charge >= 0.3 is 0 Å². The molecular weight excluding hydrogens is 280 g/mol. The minimum absolute atomic E-state index is 0.0189. The number of carbonyl (C=O) groups is 1. The largest absolute Gasteiger partial charge is 0.298 e. The molecule has 1 heterocycles. The molecule has 1 fully saturated rings. The van der Waals surface area contributed by atoms with Crippen LogP contribution in [-0.2, 0) is 11.3 Å². The van der Waals surface area contributed by atoms with Crippen LogP contribution in [0.3, 0.4) is 0 Å². The van der Waals surface area contributed by atoms with Gasteiger partial charge in [-0.05, 0) is 32.4 Å². The maximum Gasteiger partial charge on any atom is 0.275 e. The zero-order valence-corrected chi connectivity index (χ0v) is 12.1. The van der Waals surface area contributed by atoms with E-state index in [2.05, 4.69) is 0 Å². The maximum atomic E-state index is 11.7. The van der Waals surface area contributed by atoms with Gasteiger partial charge in [0.25, 0.3) is 5.69 Å². The summed E-state index contributed by atoms with van der Waals surface area (Å²) in [6, 6.07) is 4.52. The molecule has 0 aromatic heterocycles. The molecule has 1 aromatic rings. The fraction of sp³-hybridized carbons (Fsp3) is 0.500. The highest BCUT2D eigenvalue weighted by Gasteiger charge is 2.28. The Morgan fingerprint density at radius 3 is 2.90 bits per heavy atom. The molecule has 0 amide bonds. The number of likely N-dealkylation sites (tertiary alicyclic amines) is 1. The normalized spacial score (nSPS) is 19.8. The second-order valence-electron chi connectivity index (χ2n) is 5.09. The summed E-state index contributed by atoms with van der Waals surface area (Å²) in [6.45, 7) is 2.69. The zero-order valence-electron chi connectivity index (χ0n) is 11.3. The summed E-state index contributed by atoms with van der Waals surface area (Å²) in [5.41, 5.74) is 0.512. The fourth-order valence-electron chi connectivity index (χ4n) is 2.72. The van der Waals surface area contributed by atoms with Gasteiger partial charge in [-0.25, -0.2) is 0 Å². The summed E-state index contributed by atoms with van der Waals surface area (Å²) in [5, 5.41) is 11.5. The molecule has 1 aromatic carbocycles. The van der Waals surface area contributed by atoms with Gasteiger partial charge in [0.05, 0.1) is 21.6 Å². The Morgan fingerprint density at radius 2 is 2.25 bits per heavy atom. The number of Topliss-reactive ketones (excluding diaryl/α,β-unsaturated/α-hetero) is 1. The van der Waals surface area contributed by atoms with Crippen molar-refractivity contribution in [3.63, 3.8) is 0 Å². The molecule has 1 atom stereocenters. The third kappa shape index (κ3) is 3.16. The number of piperidine rings is 1. The Balaban J connectivity index is 2.28. The van der Waals surface area contributed by atoms with Crippen LogP contribution in [0.25, 0.3) is 0 Å². The van der Waals surface area contributed by atoms with E-state index in [0.29, 0.717) is 17.1 Å². The molecule has 0 bridgehead atoms. The summed E-state index contributed by atoms with van der Waals surface area (Å²) in [4.78, 5) is 24.4. The lowest BCUT2D eigenvalue weighted by atomic mass is 9.98. The van der Waals surface area contributed by atoms with Crippen LogP contribution in [0.5, 0.6) is 0 Å². The number of benzene rings is 1. The van der Waals surface area contributed by atoms with Crippen molar-refractivity contribution in [1.29, 1.82) is 0 Å². The van der Waals surface area contributed by atoms with E-state index in [4.69, 9.17) is 11.6 Å². The van der Waals surface area contributed by atoms with Crippen LogP contribution in [0.1, 0.15) is 31.7 Å². The van der Waals surface area contributed by atoms with Crippen molar-refractivity contribution in [2.75, 3.05) is 6.54 Å². The number of ketones is 1. The molecule has 6 heteroatoms. The van der Waals surface area contributed by atoms with E-state index in [1.807, 2.05) is 4.90 Å². The Labute approximate surface area is 122 Å². The lowest BCUT2D eigenvalue weighted by molar-refractivity contribution is -0.385. The van der Waals surface area contributed by atoms with Gasteiger partial charge in [-0.2, -0.15) is 0 Å². The molecule has 0 N–H and O–H groups in total. The van der Waals surface area contributed by atoms with E-state index in [1.54, 1.807) is 19.1 Å². The number of hydrogen-bond acceptors (Lipinski definition) is 4. The lowest BCUT2D eigenvalue weighted by Crippen LogP contribution is -2.43. The number of nitrogens with zero attached hydrogens (tertiary/aromatic N) is 2. The van der Waals surface area contributed by atoms with E-state index in [-0.39, 0.29) is 17.5 Å². The van der Waals surface area contributed by atoms with Crippen molar-refractivity contribution in [3.8, 4) is 0 Å². The van der Waals surface area contributed by atoms with Gasteiger partial charge in [-0.3, -0.25) is 19.8 Å². The highest BCUT2D eigenvalue weighted by atomic mass is 35.5. The third-order valence-electron chi connectivity index (χ3n) is 3.73. The van der Waals surface area contributed by atoms with Crippen LogP contribution >= 0.6 is 11.6 Å². The number of nitro groups is 1. The molecule has 0 aliphatic carbocycles. The average molecular weight is 297 g/mol. The van der Waals surface area contributed by atoms with Crippen molar-refractivity contribution < 1.29 is 9.72 Å². The first-order valence-electron chi connectivity index (χ1n) is 6.67. The van der Waals surface area contributed by atoms with Crippen LogP contribution in [0.2, 0.25) is 5.02 Å². The Bertz CT molecular complexity index is 533. The molecule has 20 heavy (non-hydrogen) atoms. The van der Waals surface area contributed by atoms with E-state index in [0.717, 1.165) is 25.8 Å².